The van der Waals surface area contributed by atoms with Gasteiger partial charge >= 0.3 is 0 Å². The Morgan fingerprint density at radius 2 is 1.96 bits per heavy atom. The van der Waals surface area contributed by atoms with Crippen LogP contribution in [0.3, 0.4) is 0 Å². The Morgan fingerprint density at radius 1 is 1.28 bits per heavy atom. The maximum absolute atomic E-state index is 12.3. The molecule has 1 saturated heterocycles. The van der Waals surface area contributed by atoms with Crippen molar-refractivity contribution in [2.24, 2.45) is 4.99 Å². The first kappa shape index (κ1) is 20.1. The number of carbonyl (C=O) groups is 1. The minimum absolute atomic E-state index is 0. The number of nitrogens with one attached hydrogen (secondary N) is 1. The molecule has 2 fully saturated rings. The van der Waals surface area contributed by atoms with Crippen LogP contribution in [0.2, 0.25) is 0 Å². The molecule has 1 atom stereocenters. The number of thioether (sulfide) groups is 1. The maximum Gasteiger partial charge on any atom is 0.226 e. The third kappa shape index (κ3) is 5.38. The van der Waals surface area contributed by atoms with Gasteiger partial charge in [-0.15, -0.1) is 12.4 Å². The monoisotopic (exact) mass is 381 g/mol. The lowest BCUT2D eigenvalue weighted by atomic mass is 10.1. The van der Waals surface area contributed by atoms with Crippen molar-refractivity contribution in [1.82, 2.24) is 4.90 Å². The average molecular weight is 382 g/mol. The quantitative estimate of drug-likeness (QED) is 0.824. The molecule has 1 amide bonds. The molecule has 1 saturated carbocycles. The van der Waals surface area contributed by atoms with E-state index >= 15 is 0 Å². The highest BCUT2D eigenvalue weighted by Crippen LogP contribution is 2.28. The van der Waals surface area contributed by atoms with Crippen LogP contribution in [0.4, 0.5) is 5.69 Å². The number of carbonyl (C=O) groups excluding carboxylic acids is 1. The van der Waals surface area contributed by atoms with Crippen LogP contribution < -0.4 is 5.32 Å². The first-order valence-electron chi connectivity index (χ1n) is 8.98. The zero-order valence-electron chi connectivity index (χ0n) is 15.0. The minimum atomic E-state index is 0. The van der Waals surface area contributed by atoms with E-state index in [1.165, 1.54) is 31.2 Å². The summed E-state index contributed by atoms with van der Waals surface area (Å²) in [7, 11) is 2.07. The maximum atomic E-state index is 12.3. The summed E-state index contributed by atoms with van der Waals surface area (Å²) < 4.78 is 0. The number of hydrogen-bond donors (Lipinski definition) is 1. The van der Waals surface area contributed by atoms with Gasteiger partial charge in [0.05, 0.1) is 6.04 Å². The van der Waals surface area contributed by atoms with Crippen LogP contribution in [0.1, 0.15) is 44.6 Å². The second-order valence-electron chi connectivity index (χ2n) is 6.73. The standard InChI is InChI=1S/C19H27N3OS.ClH/c1-3-14-8-10-16(11-9-14)20-18(23)12-17-13-24-19(22(17)2)21-15-6-4-5-7-15;/h8-11,15,17H,3-7,12-13H2,1-2H3,(H,20,23);1H/b21-19-;. The van der Waals surface area contributed by atoms with E-state index in [4.69, 9.17) is 4.99 Å². The summed E-state index contributed by atoms with van der Waals surface area (Å²) in [5.74, 6) is 1.03. The summed E-state index contributed by atoms with van der Waals surface area (Å²) in [5, 5.41) is 4.13. The molecular weight excluding hydrogens is 354 g/mol. The number of amides is 1. The van der Waals surface area contributed by atoms with Crippen molar-refractivity contribution >= 4 is 40.9 Å². The van der Waals surface area contributed by atoms with Gasteiger partial charge in [-0.25, -0.2) is 0 Å². The minimum Gasteiger partial charge on any atom is -0.350 e. The highest BCUT2D eigenvalue weighted by molar-refractivity contribution is 8.14. The van der Waals surface area contributed by atoms with E-state index in [1.54, 1.807) is 11.8 Å². The fourth-order valence-corrected chi connectivity index (χ4v) is 4.56. The van der Waals surface area contributed by atoms with Crippen LogP contribution in [0.25, 0.3) is 0 Å². The van der Waals surface area contributed by atoms with Crippen molar-refractivity contribution in [1.29, 1.82) is 0 Å². The molecule has 3 rings (SSSR count). The third-order valence-electron chi connectivity index (χ3n) is 4.94. The molecule has 25 heavy (non-hydrogen) atoms. The Balaban J connectivity index is 0.00000225. The first-order chi connectivity index (χ1) is 11.7. The highest BCUT2D eigenvalue weighted by Gasteiger charge is 2.30. The van der Waals surface area contributed by atoms with E-state index in [9.17, 15) is 4.79 Å². The third-order valence-corrected chi connectivity index (χ3v) is 6.14. The van der Waals surface area contributed by atoms with Crippen LogP contribution in [-0.2, 0) is 11.2 Å². The molecule has 0 bridgehead atoms. The zero-order chi connectivity index (χ0) is 16.9. The largest absolute Gasteiger partial charge is 0.350 e. The van der Waals surface area contributed by atoms with Crippen molar-refractivity contribution < 1.29 is 4.79 Å². The number of anilines is 1. The van der Waals surface area contributed by atoms with Gasteiger partial charge in [0.2, 0.25) is 5.91 Å². The Kier molecular flexibility index (Phi) is 7.63. The zero-order valence-corrected chi connectivity index (χ0v) is 16.7. The summed E-state index contributed by atoms with van der Waals surface area (Å²) in [6.07, 6.45) is 6.58. The van der Waals surface area contributed by atoms with Gasteiger partial charge in [-0.2, -0.15) is 0 Å². The smallest absolute Gasteiger partial charge is 0.226 e. The number of benzene rings is 1. The van der Waals surface area contributed by atoms with Crippen molar-refractivity contribution in [2.45, 2.75) is 57.5 Å². The van der Waals surface area contributed by atoms with Gasteiger partial charge in [0.15, 0.2) is 5.17 Å². The van der Waals surface area contributed by atoms with Gasteiger partial charge in [-0.1, -0.05) is 43.7 Å². The van der Waals surface area contributed by atoms with Gasteiger partial charge < -0.3 is 10.2 Å². The Bertz CT molecular complexity index is 599. The van der Waals surface area contributed by atoms with Crippen LogP contribution in [0.15, 0.2) is 29.3 Å². The van der Waals surface area contributed by atoms with Crippen LogP contribution in [0.5, 0.6) is 0 Å². The predicted octanol–water partition coefficient (Wildman–Crippen LogP) is 4.35. The van der Waals surface area contributed by atoms with E-state index in [0.717, 1.165) is 23.0 Å². The van der Waals surface area contributed by atoms with Crippen LogP contribution in [-0.4, -0.2) is 40.9 Å². The Morgan fingerprint density at radius 3 is 2.60 bits per heavy atom. The van der Waals surface area contributed by atoms with Gasteiger partial charge in [0.25, 0.3) is 0 Å². The van der Waals surface area contributed by atoms with E-state index in [-0.39, 0.29) is 24.4 Å². The molecule has 0 aromatic heterocycles. The Labute approximate surface area is 161 Å². The first-order valence-corrected chi connectivity index (χ1v) is 9.96. The fourth-order valence-electron chi connectivity index (χ4n) is 3.30. The second kappa shape index (κ2) is 9.48. The molecule has 0 spiro atoms. The summed E-state index contributed by atoms with van der Waals surface area (Å²) in [6.45, 7) is 2.13. The number of rotatable bonds is 5. The van der Waals surface area contributed by atoms with Crippen molar-refractivity contribution in [3.05, 3.63) is 29.8 Å². The number of amidine groups is 1. The molecule has 1 aromatic rings. The number of nitrogens with zero attached hydrogens (tertiary/aromatic N) is 2. The lowest BCUT2D eigenvalue weighted by Gasteiger charge is -2.21. The van der Waals surface area contributed by atoms with Crippen molar-refractivity contribution in [2.75, 3.05) is 18.1 Å². The van der Waals surface area contributed by atoms with Gasteiger partial charge in [-0.3, -0.25) is 9.79 Å². The topological polar surface area (TPSA) is 44.7 Å². The van der Waals surface area contributed by atoms with Gasteiger partial charge in [0.1, 0.15) is 0 Å². The molecule has 1 N–H and O–H groups in total. The van der Waals surface area contributed by atoms with Crippen molar-refractivity contribution in [3.63, 3.8) is 0 Å². The summed E-state index contributed by atoms with van der Waals surface area (Å²) in [4.78, 5) is 19.4. The van der Waals surface area contributed by atoms with E-state index in [2.05, 4.69) is 36.3 Å². The van der Waals surface area contributed by atoms with E-state index < -0.39 is 0 Å². The summed E-state index contributed by atoms with van der Waals surface area (Å²) in [6, 6.07) is 8.84. The summed E-state index contributed by atoms with van der Waals surface area (Å²) in [5.41, 5.74) is 2.16. The summed E-state index contributed by atoms with van der Waals surface area (Å²) >= 11 is 1.79. The van der Waals surface area contributed by atoms with Crippen LogP contribution in [0, 0.1) is 0 Å². The molecule has 4 nitrogen and oxygen atoms in total. The highest BCUT2D eigenvalue weighted by atomic mass is 35.5. The van der Waals surface area contributed by atoms with E-state index in [1.807, 2.05) is 12.1 Å². The molecule has 6 heteroatoms. The number of aryl methyl sites for hydroxylation is 1. The van der Waals surface area contributed by atoms with Gasteiger partial charge in [0, 0.05) is 31.0 Å². The normalized spacial score (nSPS) is 22.2. The molecular formula is C19H28ClN3OS. The molecule has 1 heterocycles. The number of hydrogen-bond acceptors (Lipinski definition) is 3. The molecule has 0 radical (unpaired) electrons. The molecule has 138 valence electrons. The van der Waals surface area contributed by atoms with Crippen LogP contribution >= 0.6 is 24.2 Å². The molecule has 1 aromatic carbocycles. The van der Waals surface area contributed by atoms with Gasteiger partial charge in [-0.05, 0) is 37.0 Å². The molecule has 1 aliphatic carbocycles. The molecule has 1 aliphatic heterocycles. The lowest BCUT2D eigenvalue weighted by molar-refractivity contribution is -0.116. The van der Waals surface area contributed by atoms with E-state index in [0.29, 0.717) is 12.5 Å². The SMILES string of the molecule is CCc1ccc(NC(=O)CC2CS/C(=N\C3CCCC3)N2C)cc1.Cl. The Hall–Kier alpha value is -1.20. The molecule has 1 unspecified atom stereocenters. The predicted molar refractivity (Wildman–Crippen MR) is 110 cm³/mol. The lowest BCUT2D eigenvalue weighted by Crippen LogP contribution is -2.34. The fraction of sp³-hybridized carbons (Fsp3) is 0.579. The molecule has 2 aliphatic rings. The average Bonchev–Trinajstić information content (AvgIpc) is 3.21. The number of halogens is 1. The van der Waals surface area contributed by atoms with Crippen molar-refractivity contribution in [3.8, 4) is 0 Å². The number of aliphatic imine (C=N–C) groups is 1. The second-order valence-corrected chi connectivity index (χ2v) is 7.72.